The Hall–Kier alpha value is -1.37. The molecule has 0 aromatic heterocycles. The highest BCUT2D eigenvalue weighted by atomic mass is 35.5. The fourth-order valence-corrected chi connectivity index (χ4v) is 2.44. The molecule has 8 heteroatoms. The zero-order valence-electron chi connectivity index (χ0n) is 11.5. The van der Waals surface area contributed by atoms with Crippen LogP contribution < -0.4 is 10.6 Å². The summed E-state index contributed by atoms with van der Waals surface area (Å²) in [5, 5.41) is 17.3. The predicted molar refractivity (Wildman–Crippen MR) is 83.3 cm³/mol. The van der Waals surface area contributed by atoms with Crippen molar-refractivity contribution in [3.8, 4) is 0 Å². The van der Waals surface area contributed by atoms with E-state index in [0.29, 0.717) is 12.5 Å². The second-order valence-electron chi connectivity index (χ2n) is 4.97. The van der Waals surface area contributed by atoms with E-state index >= 15 is 0 Å². The number of hydrogen-bond acceptors (Lipinski definition) is 4. The summed E-state index contributed by atoms with van der Waals surface area (Å²) in [6, 6.07) is 4.04. The van der Waals surface area contributed by atoms with Gasteiger partial charge in [0.25, 0.3) is 11.6 Å². The Morgan fingerprint density at radius 1 is 1.52 bits per heavy atom. The third-order valence-electron chi connectivity index (χ3n) is 3.55. The highest BCUT2D eigenvalue weighted by Gasteiger charge is 2.26. The standard InChI is InChI=1S/C13H16ClN3O3.ClH/c1-8-4-5-15-7-11(8)16-13(18)10-3-2-9(14)6-12(10)17(19)20;/h2-3,6,8,11,15H,4-5,7H2,1H3,(H,16,18);1H. The predicted octanol–water partition coefficient (Wildman–Crippen LogP) is 2.40. The number of nitro groups is 1. The number of piperidine rings is 1. The van der Waals surface area contributed by atoms with Gasteiger partial charge in [0.2, 0.25) is 0 Å². The van der Waals surface area contributed by atoms with Gasteiger partial charge < -0.3 is 10.6 Å². The number of nitrogens with zero attached hydrogens (tertiary/aromatic N) is 1. The molecular weight excluding hydrogens is 317 g/mol. The highest BCUT2D eigenvalue weighted by Crippen LogP contribution is 2.23. The van der Waals surface area contributed by atoms with E-state index in [9.17, 15) is 14.9 Å². The maximum atomic E-state index is 12.2. The molecule has 21 heavy (non-hydrogen) atoms. The Labute approximate surface area is 133 Å². The smallest absolute Gasteiger partial charge is 0.283 e. The zero-order valence-corrected chi connectivity index (χ0v) is 13.0. The van der Waals surface area contributed by atoms with Gasteiger partial charge in [0, 0.05) is 23.7 Å². The Kier molecular flexibility index (Phi) is 6.39. The lowest BCUT2D eigenvalue weighted by Gasteiger charge is -2.30. The van der Waals surface area contributed by atoms with Gasteiger partial charge >= 0.3 is 0 Å². The average molecular weight is 334 g/mol. The molecule has 1 aliphatic rings. The first-order chi connectivity index (χ1) is 9.49. The summed E-state index contributed by atoms with van der Waals surface area (Å²) < 4.78 is 0. The number of rotatable bonds is 3. The first kappa shape index (κ1) is 17.7. The second kappa shape index (κ2) is 7.59. The van der Waals surface area contributed by atoms with Crippen LogP contribution in [0.15, 0.2) is 18.2 Å². The third kappa shape index (κ3) is 4.30. The molecule has 1 aromatic carbocycles. The lowest BCUT2D eigenvalue weighted by Crippen LogP contribution is -2.50. The van der Waals surface area contributed by atoms with Gasteiger partial charge in [0.15, 0.2) is 0 Å². The molecule has 0 spiro atoms. The van der Waals surface area contributed by atoms with Gasteiger partial charge in [-0.2, -0.15) is 0 Å². The third-order valence-corrected chi connectivity index (χ3v) is 3.78. The molecule has 1 aliphatic heterocycles. The zero-order chi connectivity index (χ0) is 14.7. The van der Waals surface area contributed by atoms with Crippen LogP contribution in [0.3, 0.4) is 0 Å². The minimum absolute atomic E-state index is 0. The van der Waals surface area contributed by atoms with Gasteiger partial charge in [-0.05, 0) is 31.0 Å². The van der Waals surface area contributed by atoms with E-state index in [4.69, 9.17) is 11.6 Å². The number of benzene rings is 1. The summed E-state index contributed by atoms with van der Waals surface area (Å²) in [5.74, 6) is -0.0968. The van der Waals surface area contributed by atoms with Crippen LogP contribution >= 0.6 is 24.0 Å². The number of carbonyl (C=O) groups is 1. The van der Waals surface area contributed by atoms with Gasteiger partial charge in [-0.3, -0.25) is 14.9 Å². The normalized spacial score (nSPS) is 21.2. The van der Waals surface area contributed by atoms with E-state index in [0.717, 1.165) is 13.0 Å². The number of amides is 1. The van der Waals surface area contributed by atoms with Crippen molar-refractivity contribution in [1.29, 1.82) is 0 Å². The Bertz CT molecular complexity index is 539. The molecule has 1 amide bonds. The SMILES string of the molecule is CC1CCNCC1NC(=O)c1ccc(Cl)cc1[N+](=O)[O-].Cl. The van der Waals surface area contributed by atoms with Crippen LogP contribution in [0.1, 0.15) is 23.7 Å². The van der Waals surface area contributed by atoms with Crippen LogP contribution in [-0.2, 0) is 0 Å². The fourth-order valence-electron chi connectivity index (χ4n) is 2.28. The summed E-state index contributed by atoms with van der Waals surface area (Å²) in [7, 11) is 0. The van der Waals surface area contributed by atoms with E-state index in [2.05, 4.69) is 17.6 Å². The average Bonchev–Trinajstić information content (AvgIpc) is 2.41. The molecule has 1 heterocycles. The maximum absolute atomic E-state index is 12.2. The number of hydrogen-bond donors (Lipinski definition) is 2. The number of carbonyl (C=O) groups excluding carboxylic acids is 1. The molecule has 0 aliphatic carbocycles. The topological polar surface area (TPSA) is 84.3 Å². The molecule has 2 unspecified atom stereocenters. The van der Waals surface area contributed by atoms with Crippen molar-refractivity contribution in [3.63, 3.8) is 0 Å². The highest BCUT2D eigenvalue weighted by molar-refractivity contribution is 6.31. The summed E-state index contributed by atoms with van der Waals surface area (Å²) >= 11 is 5.73. The van der Waals surface area contributed by atoms with E-state index in [1.54, 1.807) is 0 Å². The minimum atomic E-state index is -0.594. The molecule has 1 fully saturated rings. The molecule has 0 bridgehead atoms. The van der Waals surface area contributed by atoms with Crippen molar-refractivity contribution in [2.24, 2.45) is 5.92 Å². The van der Waals surface area contributed by atoms with Gasteiger partial charge in [-0.1, -0.05) is 18.5 Å². The molecule has 1 aromatic rings. The van der Waals surface area contributed by atoms with Crippen molar-refractivity contribution in [2.45, 2.75) is 19.4 Å². The lowest BCUT2D eigenvalue weighted by molar-refractivity contribution is -0.385. The molecular formula is C13H17Cl2N3O3. The van der Waals surface area contributed by atoms with Crippen molar-refractivity contribution in [2.75, 3.05) is 13.1 Å². The first-order valence-corrected chi connectivity index (χ1v) is 6.82. The molecule has 0 saturated carbocycles. The van der Waals surface area contributed by atoms with Crippen LogP contribution in [0.4, 0.5) is 5.69 Å². The van der Waals surface area contributed by atoms with E-state index < -0.39 is 10.8 Å². The quantitative estimate of drug-likeness (QED) is 0.657. The molecule has 2 rings (SSSR count). The van der Waals surface area contributed by atoms with Crippen molar-refractivity contribution in [1.82, 2.24) is 10.6 Å². The monoisotopic (exact) mass is 333 g/mol. The van der Waals surface area contributed by atoms with E-state index in [-0.39, 0.29) is 34.7 Å². The largest absolute Gasteiger partial charge is 0.348 e. The van der Waals surface area contributed by atoms with Crippen LogP contribution in [0.25, 0.3) is 0 Å². The summed E-state index contributed by atoms with van der Waals surface area (Å²) in [6.07, 6.45) is 0.966. The van der Waals surface area contributed by atoms with Crippen LogP contribution in [-0.4, -0.2) is 30.0 Å². The van der Waals surface area contributed by atoms with Crippen LogP contribution in [0.2, 0.25) is 5.02 Å². The van der Waals surface area contributed by atoms with Crippen molar-refractivity contribution < 1.29 is 9.72 Å². The summed E-state index contributed by atoms with van der Waals surface area (Å²) in [6.45, 7) is 3.66. The number of halogens is 2. The number of nitro benzene ring substituents is 1. The van der Waals surface area contributed by atoms with Gasteiger partial charge in [-0.25, -0.2) is 0 Å². The second-order valence-corrected chi connectivity index (χ2v) is 5.41. The Morgan fingerprint density at radius 3 is 2.86 bits per heavy atom. The molecule has 6 nitrogen and oxygen atoms in total. The molecule has 2 N–H and O–H groups in total. The molecule has 116 valence electrons. The lowest BCUT2D eigenvalue weighted by atomic mass is 9.94. The van der Waals surface area contributed by atoms with Gasteiger partial charge in [0.1, 0.15) is 5.56 Å². The van der Waals surface area contributed by atoms with Gasteiger partial charge in [0.05, 0.1) is 4.92 Å². The maximum Gasteiger partial charge on any atom is 0.283 e. The van der Waals surface area contributed by atoms with Crippen LogP contribution in [0.5, 0.6) is 0 Å². The Balaban J connectivity index is 0.00000220. The molecule has 2 atom stereocenters. The Morgan fingerprint density at radius 2 is 2.24 bits per heavy atom. The number of nitrogens with one attached hydrogen (secondary N) is 2. The van der Waals surface area contributed by atoms with Crippen molar-refractivity contribution >= 4 is 35.6 Å². The van der Waals surface area contributed by atoms with Crippen molar-refractivity contribution in [3.05, 3.63) is 38.9 Å². The summed E-state index contributed by atoms with van der Waals surface area (Å²) in [4.78, 5) is 22.6. The van der Waals surface area contributed by atoms with Crippen LogP contribution in [0, 0.1) is 16.0 Å². The summed E-state index contributed by atoms with van der Waals surface area (Å²) in [5.41, 5.74) is -0.233. The van der Waals surface area contributed by atoms with E-state index in [1.165, 1.54) is 18.2 Å². The van der Waals surface area contributed by atoms with Gasteiger partial charge in [-0.15, -0.1) is 12.4 Å². The first-order valence-electron chi connectivity index (χ1n) is 6.44. The van der Waals surface area contributed by atoms with E-state index in [1.807, 2.05) is 0 Å². The molecule has 0 radical (unpaired) electrons. The molecule has 1 saturated heterocycles. The fraction of sp³-hybridized carbons (Fsp3) is 0.462. The minimum Gasteiger partial charge on any atom is -0.348 e.